The van der Waals surface area contributed by atoms with Crippen molar-refractivity contribution >= 4 is 5.91 Å². The molecule has 2 aliphatic carbocycles. The Morgan fingerprint density at radius 1 is 1.14 bits per heavy atom. The zero-order chi connectivity index (χ0) is 15.0. The van der Waals surface area contributed by atoms with Gasteiger partial charge in [0.25, 0.3) is 6.43 Å². The van der Waals surface area contributed by atoms with Crippen molar-refractivity contribution in [3.8, 4) is 0 Å². The van der Waals surface area contributed by atoms with Crippen molar-refractivity contribution in [2.75, 3.05) is 13.1 Å². The second kappa shape index (κ2) is 5.82. The number of hydrogen-bond acceptors (Lipinski definition) is 2. The minimum Gasteiger partial charge on any atom is -0.382 e. The molecular formula is C16H25F2NO2. The van der Waals surface area contributed by atoms with Crippen molar-refractivity contribution < 1.29 is 18.7 Å². The number of β-amino-alcohol motifs (C(OH)–C–C–N with tert-alkyl or cyclic N) is 1. The first-order valence-corrected chi connectivity index (χ1v) is 8.29. The van der Waals surface area contributed by atoms with Crippen LogP contribution in [-0.2, 0) is 4.79 Å². The second-order valence-electron chi connectivity index (χ2n) is 7.23. The van der Waals surface area contributed by atoms with Gasteiger partial charge in [0.2, 0.25) is 5.91 Å². The molecule has 1 heterocycles. The van der Waals surface area contributed by atoms with Crippen molar-refractivity contribution in [1.82, 2.24) is 4.90 Å². The largest absolute Gasteiger partial charge is 0.382 e. The van der Waals surface area contributed by atoms with E-state index in [0.717, 1.165) is 25.2 Å². The van der Waals surface area contributed by atoms with E-state index < -0.39 is 12.0 Å². The molecule has 2 saturated carbocycles. The number of fused-ring (bicyclic) bond motifs is 1. The summed E-state index contributed by atoms with van der Waals surface area (Å²) in [5, 5.41) is 9.83. The summed E-state index contributed by atoms with van der Waals surface area (Å²) in [6.07, 6.45) is 5.23. The van der Waals surface area contributed by atoms with E-state index in [4.69, 9.17) is 0 Å². The smallest absolute Gasteiger partial charge is 0.268 e. The maximum Gasteiger partial charge on any atom is 0.268 e. The third-order valence-corrected chi connectivity index (χ3v) is 5.89. The van der Waals surface area contributed by atoms with Crippen molar-refractivity contribution in [2.45, 2.75) is 63.4 Å². The second-order valence-corrected chi connectivity index (χ2v) is 7.23. The number of carbonyl (C=O) groups excluding carboxylic acids is 1. The number of alkyl halides is 2. The third kappa shape index (κ3) is 2.94. The molecule has 0 radical (unpaired) electrons. The van der Waals surface area contributed by atoms with Crippen LogP contribution in [0.1, 0.15) is 51.4 Å². The first-order valence-electron chi connectivity index (χ1n) is 8.29. The van der Waals surface area contributed by atoms with Crippen molar-refractivity contribution in [2.24, 2.45) is 17.8 Å². The average Bonchev–Trinajstić information content (AvgIpc) is 2.90. The Kier molecular flexibility index (Phi) is 4.21. The van der Waals surface area contributed by atoms with Crippen molar-refractivity contribution in [3.63, 3.8) is 0 Å². The van der Waals surface area contributed by atoms with Crippen molar-refractivity contribution in [1.29, 1.82) is 0 Å². The van der Waals surface area contributed by atoms with E-state index in [2.05, 4.69) is 0 Å². The molecule has 3 aliphatic rings. The van der Waals surface area contributed by atoms with E-state index in [9.17, 15) is 18.7 Å². The van der Waals surface area contributed by atoms with Crippen LogP contribution in [0.25, 0.3) is 0 Å². The fraction of sp³-hybridized carbons (Fsp3) is 0.938. The molecule has 0 aromatic carbocycles. The number of rotatable bonds is 2. The Labute approximate surface area is 124 Å². The van der Waals surface area contributed by atoms with Crippen LogP contribution < -0.4 is 0 Å². The van der Waals surface area contributed by atoms with Gasteiger partial charge < -0.3 is 10.0 Å². The summed E-state index contributed by atoms with van der Waals surface area (Å²) in [5.74, 6) is 1.41. The molecule has 4 unspecified atom stereocenters. The zero-order valence-corrected chi connectivity index (χ0v) is 12.4. The van der Waals surface area contributed by atoms with Crippen LogP contribution in [0, 0.1) is 17.8 Å². The number of aliphatic hydroxyl groups is 1. The lowest BCUT2D eigenvalue weighted by molar-refractivity contribution is -0.140. The predicted molar refractivity (Wildman–Crippen MR) is 74.9 cm³/mol. The van der Waals surface area contributed by atoms with Crippen LogP contribution in [0.2, 0.25) is 0 Å². The quantitative estimate of drug-likeness (QED) is 0.852. The van der Waals surface area contributed by atoms with Gasteiger partial charge in [0.15, 0.2) is 0 Å². The molecule has 0 aromatic heterocycles. The lowest BCUT2D eigenvalue weighted by atomic mass is 9.67. The Hall–Kier alpha value is -0.710. The lowest BCUT2D eigenvalue weighted by Crippen LogP contribution is -2.44. The molecule has 0 spiro atoms. The molecule has 1 amide bonds. The SMILES string of the molecule is O=C(C1CCC2CCCCC2C1)N1CCC(O)(C(F)F)C1. The minimum atomic E-state index is -2.77. The van der Waals surface area contributed by atoms with Gasteiger partial charge in [0, 0.05) is 18.9 Å². The highest BCUT2D eigenvalue weighted by molar-refractivity contribution is 5.79. The monoisotopic (exact) mass is 301 g/mol. The highest BCUT2D eigenvalue weighted by atomic mass is 19.3. The Balaban J connectivity index is 1.59. The number of nitrogens with zero attached hydrogens (tertiary/aromatic N) is 1. The van der Waals surface area contributed by atoms with E-state index >= 15 is 0 Å². The van der Waals surface area contributed by atoms with Gasteiger partial charge in [-0.05, 0) is 31.1 Å². The first-order chi connectivity index (χ1) is 9.99. The van der Waals surface area contributed by atoms with Crippen LogP contribution in [-0.4, -0.2) is 41.0 Å². The van der Waals surface area contributed by atoms with Crippen LogP contribution >= 0.6 is 0 Å². The van der Waals surface area contributed by atoms with Gasteiger partial charge in [-0.15, -0.1) is 0 Å². The Morgan fingerprint density at radius 2 is 1.86 bits per heavy atom. The summed E-state index contributed by atoms with van der Waals surface area (Å²) >= 11 is 0. The minimum absolute atomic E-state index is 0.00408. The number of carbonyl (C=O) groups is 1. The van der Waals surface area contributed by atoms with Crippen LogP contribution in [0.15, 0.2) is 0 Å². The van der Waals surface area contributed by atoms with Crippen LogP contribution in [0.3, 0.4) is 0 Å². The molecule has 1 aliphatic heterocycles. The van der Waals surface area contributed by atoms with Gasteiger partial charge in [0.1, 0.15) is 5.60 Å². The Bertz CT molecular complexity index is 404. The van der Waals surface area contributed by atoms with E-state index in [1.807, 2.05) is 0 Å². The summed E-state index contributed by atoms with van der Waals surface area (Å²) in [6, 6.07) is 0. The standard InChI is InChI=1S/C16H25F2NO2/c17-15(18)16(21)7-8-19(10-16)14(20)13-6-5-11-3-1-2-4-12(11)9-13/h11-13,15,21H,1-10H2. The molecule has 0 bridgehead atoms. The maximum absolute atomic E-state index is 12.8. The molecule has 5 heteroatoms. The average molecular weight is 301 g/mol. The molecule has 3 fully saturated rings. The summed E-state index contributed by atoms with van der Waals surface area (Å²) in [7, 11) is 0. The fourth-order valence-electron chi connectivity index (χ4n) is 4.54. The molecule has 1 N–H and O–H groups in total. The van der Waals surface area contributed by atoms with Gasteiger partial charge in [0.05, 0.1) is 6.54 Å². The highest BCUT2D eigenvalue weighted by Gasteiger charge is 2.47. The summed E-state index contributed by atoms with van der Waals surface area (Å²) in [5.41, 5.74) is -1.99. The van der Waals surface area contributed by atoms with E-state index in [-0.39, 0.29) is 31.3 Å². The predicted octanol–water partition coefficient (Wildman–Crippen LogP) is 2.82. The number of hydrogen-bond donors (Lipinski definition) is 1. The molecule has 0 aromatic rings. The number of likely N-dealkylation sites (tertiary alicyclic amines) is 1. The molecule has 3 rings (SSSR count). The molecule has 1 saturated heterocycles. The van der Waals surface area contributed by atoms with Crippen LogP contribution in [0.4, 0.5) is 8.78 Å². The van der Waals surface area contributed by atoms with E-state index in [1.165, 1.54) is 30.6 Å². The van der Waals surface area contributed by atoms with E-state index in [1.54, 1.807) is 0 Å². The lowest BCUT2D eigenvalue weighted by Gasteiger charge is -2.39. The maximum atomic E-state index is 12.8. The van der Waals surface area contributed by atoms with Gasteiger partial charge >= 0.3 is 0 Å². The number of amides is 1. The molecular weight excluding hydrogens is 276 g/mol. The van der Waals surface area contributed by atoms with Crippen molar-refractivity contribution in [3.05, 3.63) is 0 Å². The third-order valence-electron chi connectivity index (χ3n) is 5.89. The van der Waals surface area contributed by atoms with Gasteiger partial charge in [-0.2, -0.15) is 0 Å². The van der Waals surface area contributed by atoms with Gasteiger partial charge in [-0.25, -0.2) is 8.78 Å². The molecule has 21 heavy (non-hydrogen) atoms. The molecule has 3 nitrogen and oxygen atoms in total. The highest BCUT2D eigenvalue weighted by Crippen LogP contribution is 2.43. The topological polar surface area (TPSA) is 40.5 Å². The van der Waals surface area contributed by atoms with E-state index in [0.29, 0.717) is 5.92 Å². The number of halogens is 2. The zero-order valence-electron chi connectivity index (χ0n) is 12.4. The summed E-state index contributed by atoms with van der Waals surface area (Å²) in [4.78, 5) is 14.0. The normalized spacial score (nSPS) is 40.4. The van der Waals surface area contributed by atoms with Gasteiger partial charge in [-0.1, -0.05) is 25.7 Å². The molecule has 120 valence electrons. The van der Waals surface area contributed by atoms with Crippen LogP contribution in [0.5, 0.6) is 0 Å². The first kappa shape index (κ1) is 15.2. The molecule has 4 atom stereocenters. The summed E-state index contributed by atoms with van der Waals surface area (Å²) in [6.45, 7) is 0.0678. The fourth-order valence-corrected chi connectivity index (χ4v) is 4.54. The summed E-state index contributed by atoms with van der Waals surface area (Å²) < 4.78 is 25.7. The van der Waals surface area contributed by atoms with Gasteiger partial charge in [-0.3, -0.25) is 4.79 Å². The Morgan fingerprint density at radius 3 is 2.52 bits per heavy atom.